The molecule has 2 aromatic rings. The summed E-state index contributed by atoms with van der Waals surface area (Å²) in [4.78, 5) is 10.6. The van der Waals surface area contributed by atoms with Crippen molar-refractivity contribution in [2.75, 3.05) is 0 Å². The number of hydrogen-bond donors (Lipinski definition) is 1. The first-order valence-electron chi connectivity index (χ1n) is 5.87. The number of nitro groups is 1. The zero-order valence-electron chi connectivity index (χ0n) is 10.1. The molecule has 94 valence electrons. The summed E-state index contributed by atoms with van der Waals surface area (Å²) in [5, 5.41) is 21.7. The molecule has 0 amide bonds. The van der Waals surface area contributed by atoms with Gasteiger partial charge in [-0.15, -0.1) is 0 Å². The molecule has 0 fully saturated rings. The molecular formula is C12H14N4O2. The van der Waals surface area contributed by atoms with Crippen molar-refractivity contribution in [3.8, 4) is 11.3 Å². The average Bonchev–Trinajstić information content (AvgIpc) is 2.84. The van der Waals surface area contributed by atoms with Gasteiger partial charge in [0.2, 0.25) is 0 Å². The number of nitrogens with one attached hydrogen (secondary N) is 1. The van der Waals surface area contributed by atoms with Crippen LogP contribution >= 0.6 is 0 Å². The highest BCUT2D eigenvalue weighted by atomic mass is 16.6. The molecule has 1 N–H and O–H groups in total. The Balaban J connectivity index is 2.42. The fourth-order valence-corrected chi connectivity index (χ4v) is 1.82. The maximum Gasteiger partial charge on any atom is 0.278 e. The predicted octanol–water partition coefficient (Wildman–Crippen LogP) is 2.72. The highest BCUT2D eigenvalue weighted by Gasteiger charge is 2.19. The average molecular weight is 246 g/mol. The zero-order chi connectivity index (χ0) is 13.0. The Hall–Kier alpha value is -2.24. The summed E-state index contributed by atoms with van der Waals surface area (Å²) in [6.45, 7) is 2.09. The van der Waals surface area contributed by atoms with Crippen LogP contribution in [-0.2, 0) is 6.42 Å². The third-order valence-corrected chi connectivity index (χ3v) is 2.74. The first-order valence-corrected chi connectivity index (χ1v) is 5.87. The minimum atomic E-state index is -0.395. The second-order valence-electron chi connectivity index (χ2n) is 4.00. The largest absolute Gasteiger partial charge is 0.278 e. The van der Waals surface area contributed by atoms with Crippen molar-refractivity contribution in [3.63, 3.8) is 0 Å². The van der Waals surface area contributed by atoms with E-state index < -0.39 is 4.92 Å². The summed E-state index contributed by atoms with van der Waals surface area (Å²) >= 11 is 0. The van der Waals surface area contributed by atoms with Gasteiger partial charge in [0.1, 0.15) is 5.69 Å². The van der Waals surface area contributed by atoms with Crippen molar-refractivity contribution in [1.29, 1.82) is 0 Å². The number of aromatic nitrogens is 3. The predicted molar refractivity (Wildman–Crippen MR) is 67.1 cm³/mol. The Kier molecular flexibility index (Phi) is 3.66. The topological polar surface area (TPSA) is 84.7 Å². The maximum absolute atomic E-state index is 11.0. The van der Waals surface area contributed by atoms with Gasteiger partial charge in [0.25, 0.3) is 5.69 Å². The van der Waals surface area contributed by atoms with Gasteiger partial charge in [-0.2, -0.15) is 15.4 Å². The van der Waals surface area contributed by atoms with Crippen LogP contribution in [0, 0.1) is 10.1 Å². The minimum absolute atomic E-state index is 0.0594. The molecule has 0 unspecified atom stereocenters. The summed E-state index contributed by atoms with van der Waals surface area (Å²) < 4.78 is 0. The number of rotatable bonds is 5. The molecule has 0 aliphatic heterocycles. The molecule has 6 heteroatoms. The first-order chi connectivity index (χ1) is 8.74. The number of aryl methyl sites for hydroxylation is 1. The quantitative estimate of drug-likeness (QED) is 0.649. The molecule has 2 rings (SSSR count). The molecule has 6 nitrogen and oxygen atoms in total. The van der Waals surface area contributed by atoms with Gasteiger partial charge >= 0.3 is 0 Å². The monoisotopic (exact) mass is 246 g/mol. The number of H-pyrrole nitrogens is 1. The molecular weight excluding hydrogens is 232 g/mol. The molecule has 0 spiro atoms. The molecule has 18 heavy (non-hydrogen) atoms. The smallest absolute Gasteiger partial charge is 0.258 e. The van der Waals surface area contributed by atoms with Crippen LogP contribution < -0.4 is 0 Å². The number of nitro benzene ring substituents is 1. The standard InChI is InChI=1S/C12H14N4O2/c1-2-3-7-10-12(14-15-13-10)9-6-4-5-8-11(9)16(17)18/h4-6,8H,2-3,7H2,1H3,(H,13,14,15). The van der Waals surface area contributed by atoms with Crippen LogP contribution in [0.3, 0.4) is 0 Å². The second-order valence-corrected chi connectivity index (χ2v) is 4.00. The van der Waals surface area contributed by atoms with Crippen molar-refractivity contribution in [2.45, 2.75) is 26.2 Å². The van der Waals surface area contributed by atoms with Gasteiger partial charge in [-0.05, 0) is 18.9 Å². The van der Waals surface area contributed by atoms with E-state index in [0.717, 1.165) is 25.0 Å². The normalized spacial score (nSPS) is 10.5. The van der Waals surface area contributed by atoms with Crippen LogP contribution in [0.4, 0.5) is 5.69 Å². The summed E-state index contributed by atoms with van der Waals surface area (Å²) in [5.41, 5.74) is 1.94. The molecule has 1 aromatic carbocycles. The summed E-state index contributed by atoms with van der Waals surface area (Å²) in [6, 6.07) is 6.59. The Bertz CT molecular complexity index is 551. The van der Waals surface area contributed by atoms with Gasteiger partial charge in [0.05, 0.1) is 16.2 Å². The van der Waals surface area contributed by atoms with Crippen molar-refractivity contribution >= 4 is 5.69 Å². The summed E-state index contributed by atoms with van der Waals surface area (Å²) in [7, 11) is 0. The second kappa shape index (κ2) is 5.39. The number of hydrogen-bond acceptors (Lipinski definition) is 4. The van der Waals surface area contributed by atoms with E-state index in [2.05, 4.69) is 22.3 Å². The number of para-hydroxylation sites is 1. The Morgan fingerprint density at radius 3 is 2.83 bits per heavy atom. The molecule has 0 bridgehead atoms. The van der Waals surface area contributed by atoms with Gasteiger partial charge < -0.3 is 0 Å². The third kappa shape index (κ3) is 2.37. The Morgan fingerprint density at radius 1 is 1.33 bits per heavy atom. The molecule has 0 aliphatic rings. The van der Waals surface area contributed by atoms with Crippen LogP contribution in [0.5, 0.6) is 0 Å². The maximum atomic E-state index is 11.0. The van der Waals surface area contributed by atoms with Gasteiger partial charge in [-0.25, -0.2) is 0 Å². The molecule has 1 aromatic heterocycles. The summed E-state index contributed by atoms with van der Waals surface area (Å²) in [6.07, 6.45) is 2.80. The van der Waals surface area contributed by atoms with Crippen LogP contribution in [0.25, 0.3) is 11.3 Å². The van der Waals surface area contributed by atoms with E-state index in [1.165, 1.54) is 6.07 Å². The van der Waals surface area contributed by atoms with Crippen molar-refractivity contribution in [2.24, 2.45) is 0 Å². The van der Waals surface area contributed by atoms with E-state index in [0.29, 0.717) is 11.3 Å². The number of nitrogens with zero attached hydrogens (tertiary/aromatic N) is 3. The van der Waals surface area contributed by atoms with Gasteiger partial charge in [0, 0.05) is 6.07 Å². The van der Waals surface area contributed by atoms with Crippen LogP contribution in [0.2, 0.25) is 0 Å². The van der Waals surface area contributed by atoms with E-state index in [1.54, 1.807) is 18.2 Å². The van der Waals surface area contributed by atoms with Gasteiger partial charge in [0.15, 0.2) is 0 Å². The lowest BCUT2D eigenvalue weighted by molar-refractivity contribution is -0.384. The molecule has 0 saturated heterocycles. The Labute approximate surface area is 104 Å². The van der Waals surface area contributed by atoms with Gasteiger partial charge in [-0.3, -0.25) is 10.1 Å². The fourth-order valence-electron chi connectivity index (χ4n) is 1.82. The molecule has 1 heterocycles. The zero-order valence-corrected chi connectivity index (χ0v) is 10.1. The number of benzene rings is 1. The molecule has 0 saturated carbocycles. The lowest BCUT2D eigenvalue weighted by Crippen LogP contribution is -1.95. The van der Waals surface area contributed by atoms with E-state index in [1.807, 2.05) is 0 Å². The molecule has 0 aliphatic carbocycles. The highest BCUT2D eigenvalue weighted by molar-refractivity contribution is 5.71. The van der Waals surface area contributed by atoms with Crippen LogP contribution in [0.15, 0.2) is 24.3 Å². The minimum Gasteiger partial charge on any atom is -0.258 e. The lowest BCUT2D eigenvalue weighted by Gasteiger charge is -2.01. The van der Waals surface area contributed by atoms with Gasteiger partial charge in [-0.1, -0.05) is 25.5 Å². The number of aromatic amines is 1. The van der Waals surface area contributed by atoms with Crippen LogP contribution in [0.1, 0.15) is 25.5 Å². The van der Waals surface area contributed by atoms with Crippen molar-refractivity contribution < 1.29 is 4.92 Å². The molecule has 0 radical (unpaired) electrons. The third-order valence-electron chi connectivity index (χ3n) is 2.74. The summed E-state index contributed by atoms with van der Waals surface area (Å²) in [5.74, 6) is 0. The van der Waals surface area contributed by atoms with Crippen molar-refractivity contribution in [1.82, 2.24) is 15.4 Å². The van der Waals surface area contributed by atoms with E-state index in [-0.39, 0.29) is 5.69 Å². The first kappa shape index (κ1) is 12.2. The van der Waals surface area contributed by atoms with Crippen LogP contribution in [-0.4, -0.2) is 20.3 Å². The van der Waals surface area contributed by atoms with E-state index in [4.69, 9.17) is 0 Å². The van der Waals surface area contributed by atoms with E-state index >= 15 is 0 Å². The number of unbranched alkanes of at least 4 members (excludes halogenated alkanes) is 1. The van der Waals surface area contributed by atoms with Crippen molar-refractivity contribution in [3.05, 3.63) is 40.1 Å². The lowest BCUT2D eigenvalue weighted by atomic mass is 10.1. The fraction of sp³-hybridized carbons (Fsp3) is 0.333. The van der Waals surface area contributed by atoms with E-state index in [9.17, 15) is 10.1 Å². The SMILES string of the molecule is CCCCc1n[nH]nc1-c1ccccc1[N+](=O)[O-]. The molecule has 0 atom stereocenters. The Morgan fingerprint density at radius 2 is 2.11 bits per heavy atom. The highest BCUT2D eigenvalue weighted by Crippen LogP contribution is 2.29.